The molecule has 4 aromatic rings. The maximum atomic E-state index is 12.3. The van der Waals surface area contributed by atoms with Gasteiger partial charge in [-0.15, -0.1) is 0 Å². The summed E-state index contributed by atoms with van der Waals surface area (Å²) < 4.78 is 17.9. The van der Waals surface area contributed by atoms with E-state index in [-0.39, 0.29) is 12.5 Å². The van der Waals surface area contributed by atoms with Crippen molar-refractivity contribution in [2.24, 2.45) is 0 Å². The molecule has 0 saturated heterocycles. The molecule has 0 radical (unpaired) electrons. The largest absolute Gasteiger partial charge is 0.493 e. The Bertz CT molecular complexity index is 1310. The van der Waals surface area contributed by atoms with Crippen LogP contribution < -0.4 is 24.8 Å². The van der Waals surface area contributed by atoms with Crippen molar-refractivity contribution in [2.75, 3.05) is 24.4 Å². The lowest BCUT2D eigenvalue weighted by molar-refractivity contribution is -0.118. The van der Waals surface area contributed by atoms with Crippen LogP contribution in [0, 0.1) is 6.92 Å². The molecule has 0 unspecified atom stereocenters. The Hall–Kier alpha value is -3.97. The zero-order chi connectivity index (χ0) is 25.3. The molecule has 4 aromatic carbocycles. The summed E-state index contributed by atoms with van der Waals surface area (Å²) >= 11 is 3.55. The highest BCUT2D eigenvalue weighted by Gasteiger charge is 2.14. The van der Waals surface area contributed by atoms with E-state index < -0.39 is 0 Å². The van der Waals surface area contributed by atoms with Crippen molar-refractivity contribution < 1.29 is 19.0 Å². The maximum absolute atomic E-state index is 12.3. The predicted octanol–water partition coefficient (Wildman–Crippen LogP) is 7.19. The molecule has 0 saturated carbocycles. The van der Waals surface area contributed by atoms with Gasteiger partial charge in [-0.1, -0.05) is 30.3 Å². The van der Waals surface area contributed by atoms with Crippen molar-refractivity contribution in [3.63, 3.8) is 0 Å². The number of hydrogen-bond donors (Lipinski definition) is 2. The van der Waals surface area contributed by atoms with Crippen LogP contribution in [-0.2, 0) is 11.3 Å². The Morgan fingerprint density at radius 2 is 1.61 bits per heavy atom. The van der Waals surface area contributed by atoms with Crippen molar-refractivity contribution in [3.8, 4) is 23.0 Å². The quantitative estimate of drug-likeness (QED) is 0.220. The van der Waals surface area contributed by atoms with Gasteiger partial charge in [0.2, 0.25) is 0 Å². The summed E-state index contributed by atoms with van der Waals surface area (Å²) in [5.74, 6) is 2.33. The number of para-hydroxylation sites is 1. The fraction of sp³-hybridized carbons (Fsp3) is 0.138. The summed E-state index contributed by atoms with van der Waals surface area (Å²) in [6, 6.07) is 28.9. The standard InChI is InChI=1S/C29H27BrN2O4/c1-20-7-6-8-23(15-20)32-28(33)19-35-29-26(30)16-21(17-27(29)34-2)18-31-22-11-13-25(14-12-22)36-24-9-4-3-5-10-24/h3-17,31H,18-19H2,1-2H3,(H,32,33). The molecule has 4 rings (SSSR count). The van der Waals surface area contributed by atoms with Crippen LogP contribution in [0.15, 0.2) is 95.5 Å². The molecule has 0 fully saturated rings. The van der Waals surface area contributed by atoms with Gasteiger partial charge < -0.3 is 24.8 Å². The molecule has 1 amide bonds. The van der Waals surface area contributed by atoms with E-state index in [1.807, 2.05) is 97.9 Å². The van der Waals surface area contributed by atoms with E-state index in [0.717, 1.165) is 34.0 Å². The minimum atomic E-state index is -0.250. The molecule has 0 spiro atoms. The predicted molar refractivity (Wildman–Crippen MR) is 146 cm³/mol. The van der Waals surface area contributed by atoms with Gasteiger partial charge in [0.25, 0.3) is 5.91 Å². The van der Waals surface area contributed by atoms with E-state index in [0.29, 0.717) is 22.5 Å². The second-order valence-corrected chi connectivity index (χ2v) is 8.96. The number of ether oxygens (including phenoxy) is 3. The highest BCUT2D eigenvalue weighted by Crippen LogP contribution is 2.37. The molecule has 0 aliphatic heterocycles. The molecular weight excluding hydrogens is 520 g/mol. The minimum Gasteiger partial charge on any atom is -0.493 e. The van der Waals surface area contributed by atoms with Crippen molar-refractivity contribution in [3.05, 3.63) is 107 Å². The zero-order valence-electron chi connectivity index (χ0n) is 20.1. The average Bonchev–Trinajstić information content (AvgIpc) is 2.88. The lowest BCUT2D eigenvalue weighted by atomic mass is 10.2. The molecule has 0 atom stereocenters. The van der Waals surface area contributed by atoms with E-state index in [2.05, 4.69) is 26.6 Å². The first-order valence-electron chi connectivity index (χ1n) is 11.4. The third kappa shape index (κ3) is 7.02. The van der Waals surface area contributed by atoms with Gasteiger partial charge >= 0.3 is 0 Å². The molecule has 0 aromatic heterocycles. The molecule has 36 heavy (non-hydrogen) atoms. The van der Waals surface area contributed by atoms with Crippen molar-refractivity contribution in [2.45, 2.75) is 13.5 Å². The number of benzene rings is 4. The first kappa shape index (κ1) is 25.1. The molecule has 184 valence electrons. The van der Waals surface area contributed by atoms with Gasteiger partial charge in [-0.05, 0) is 94.6 Å². The Labute approximate surface area is 219 Å². The van der Waals surface area contributed by atoms with E-state index >= 15 is 0 Å². The summed E-state index contributed by atoms with van der Waals surface area (Å²) in [6.45, 7) is 2.40. The summed E-state index contributed by atoms with van der Waals surface area (Å²) in [5, 5.41) is 6.23. The van der Waals surface area contributed by atoms with Gasteiger partial charge in [0.05, 0.1) is 11.6 Å². The van der Waals surface area contributed by atoms with Gasteiger partial charge in [-0.2, -0.15) is 0 Å². The number of carbonyl (C=O) groups excluding carboxylic acids is 1. The Balaban J connectivity index is 1.34. The van der Waals surface area contributed by atoms with Gasteiger partial charge in [0.1, 0.15) is 11.5 Å². The van der Waals surface area contributed by atoms with Crippen molar-refractivity contribution >= 4 is 33.2 Å². The number of amides is 1. The van der Waals surface area contributed by atoms with Crippen LogP contribution in [-0.4, -0.2) is 19.6 Å². The van der Waals surface area contributed by atoms with Crippen LogP contribution in [0.2, 0.25) is 0 Å². The lowest BCUT2D eigenvalue weighted by Gasteiger charge is -2.15. The minimum absolute atomic E-state index is 0.141. The van der Waals surface area contributed by atoms with E-state index in [9.17, 15) is 4.79 Å². The van der Waals surface area contributed by atoms with Crippen LogP contribution in [0.1, 0.15) is 11.1 Å². The molecule has 0 aliphatic carbocycles. The average molecular weight is 547 g/mol. The normalized spacial score (nSPS) is 10.4. The number of nitrogens with one attached hydrogen (secondary N) is 2. The fourth-order valence-corrected chi connectivity index (χ4v) is 4.15. The van der Waals surface area contributed by atoms with E-state index in [4.69, 9.17) is 14.2 Å². The molecule has 7 heteroatoms. The second-order valence-electron chi connectivity index (χ2n) is 8.11. The van der Waals surface area contributed by atoms with E-state index in [1.165, 1.54) is 0 Å². The first-order chi connectivity index (χ1) is 17.5. The van der Waals surface area contributed by atoms with Crippen LogP contribution >= 0.6 is 15.9 Å². The van der Waals surface area contributed by atoms with Gasteiger partial charge in [-0.25, -0.2) is 0 Å². The molecule has 0 heterocycles. The van der Waals surface area contributed by atoms with Crippen LogP contribution in [0.5, 0.6) is 23.0 Å². The summed E-state index contributed by atoms with van der Waals surface area (Å²) in [4.78, 5) is 12.3. The number of halogens is 1. The van der Waals surface area contributed by atoms with Gasteiger partial charge in [-0.3, -0.25) is 4.79 Å². The van der Waals surface area contributed by atoms with Crippen LogP contribution in [0.3, 0.4) is 0 Å². The highest BCUT2D eigenvalue weighted by molar-refractivity contribution is 9.10. The smallest absolute Gasteiger partial charge is 0.262 e. The molecule has 0 aliphatic rings. The third-order valence-corrected chi connectivity index (χ3v) is 5.86. The number of rotatable bonds is 10. The van der Waals surface area contributed by atoms with Crippen LogP contribution in [0.25, 0.3) is 0 Å². The molecule has 0 bridgehead atoms. The summed E-state index contributed by atoms with van der Waals surface area (Å²) in [7, 11) is 1.57. The van der Waals surface area contributed by atoms with E-state index in [1.54, 1.807) is 7.11 Å². The lowest BCUT2D eigenvalue weighted by Crippen LogP contribution is -2.20. The Morgan fingerprint density at radius 3 is 2.33 bits per heavy atom. The fourth-order valence-electron chi connectivity index (χ4n) is 3.54. The monoisotopic (exact) mass is 546 g/mol. The number of carbonyl (C=O) groups is 1. The highest BCUT2D eigenvalue weighted by atomic mass is 79.9. The number of anilines is 2. The van der Waals surface area contributed by atoms with Crippen molar-refractivity contribution in [1.82, 2.24) is 0 Å². The Kier molecular flexibility index (Phi) is 8.47. The van der Waals surface area contributed by atoms with Crippen LogP contribution in [0.4, 0.5) is 11.4 Å². The van der Waals surface area contributed by atoms with Gasteiger partial charge in [0.15, 0.2) is 18.1 Å². The SMILES string of the molecule is COc1cc(CNc2ccc(Oc3ccccc3)cc2)cc(Br)c1OCC(=O)Nc1cccc(C)c1. The van der Waals surface area contributed by atoms with Crippen molar-refractivity contribution in [1.29, 1.82) is 0 Å². The summed E-state index contributed by atoms with van der Waals surface area (Å²) in [5.41, 5.74) is 3.74. The maximum Gasteiger partial charge on any atom is 0.262 e. The topological polar surface area (TPSA) is 68.8 Å². The Morgan fingerprint density at radius 1 is 0.861 bits per heavy atom. The third-order valence-electron chi connectivity index (χ3n) is 5.27. The number of aryl methyl sites for hydroxylation is 1. The molecule has 2 N–H and O–H groups in total. The zero-order valence-corrected chi connectivity index (χ0v) is 21.7. The summed E-state index contributed by atoms with van der Waals surface area (Å²) in [6.07, 6.45) is 0. The first-order valence-corrected chi connectivity index (χ1v) is 12.2. The molecule has 6 nitrogen and oxygen atoms in total. The number of hydrogen-bond acceptors (Lipinski definition) is 5. The second kappa shape index (κ2) is 12.1. The van der Waals surface area contributed by atoms with Gasteiger partial charge in [0, 0.05) is 17.9 Å². The number of methoxy groups -OCH3 is 1. The molecular formula is C29H27BrN2O4.